The molecule has 4 nitrogen and oxygen atoms in total. The summed E-state index contributed by atoms with van der Waals surface area (Å²) >= 11 is 0. The molecule has 0 aliphatic heterocycles. The van der Waals surface area contributed by atoms with Crippen molar-refractivity contribution >= 4 is 22.4 Å². The van der Waals surface area contributed by atoms with E-state index in [4.69, 9.17) is 10.5 Å². The van der Waals surface area contributed by atoms with Crippen molar-refractivity contribution in [1.29, 1.82) is 0 Å². The molecule has 2 rings (SSSR count). The Balaban J connectivity index is 2.56. The summed E-state index contributed by atoms with van der Waals surface area (Å²) in [6.07, 6.45) is 0.752. The van der Waals surface area contributed by atoms with Crippen LogP contribution in [0.1, 0.15) is 23.7 Å². The van der Waals surface area contributed by atoms with E-state index in [1.165, 1.54) is 6.07 Å². The first kappa shape index (κ1) is 12.2. The molecule has 0 aromatic heterocycles. The summed E-state index contributed by atoms with van der Waals surface area (Å²) < 4.78 is 5.11. The number of rotatable bonds is 3. The number of aromatic hydroxyl groups is 1. The number of fused-ring (bicyclic) bond motifs is 1. The van der Waals surface area contributed by atoms with Crippen LogP contribution in [0, 0.1) is 0 Å². The van der Waals surface area contributed by atoms with E-state index in [0.29, 0.717) is 23.2 Å². The molecule has 2 aromatic carbocycles. The summed E-state index contributed by atoms with van der Waals surface area (Å²) in [5.74, 6) is -0.358. The number of benzene rings is 2. The highest BCUT2D eigenvalue weighted by atomic mass is 16.5. The number of carbonyl (C=O) groups excluding carboxylic acids is 1. The van der Waals surface area contributed by atoms with Gasteiger partial charge >= 0.3 is 5.97 Å². The number of phenols is 1. The summed E-state index contributed by atoms with van der Waals surface area (Å²) in [5.41, 5.74) is 6.50. The highest BCUT2D eigenvalue weighted by molar-refractivity contribution is 6.09. The topological polar surface area (TPSA) is 72.5 Å². The molecular weight excluding hydrogens is 230 g/mol. The molecule has 18 heavy (non-hydrogen) atoms. The first-order valence-corrected chi connectivity index (χ1v) is 5.82. The van der Waals surface area contributed by atoms with Gasteiger partial charge in [0.2, 0.25) is 0 Å². The maximum absolute atomic E-state index is 12.0. The van der Waals surface area contributed by atoms with E-state index in [0.717, 1.165) is 11.8 Å². The molecule has 0 fully saturated rings. The fraction of sp³-hybridized carbons (Fsp3) is 0.214. The van der Waals surface area contributed by atoms with Crippen molar-refractivity contribution in [2.45, 2.75) is 13.3 Å². The van der Waals surface area contributed by atoms with Gasteiger partial charge < -0.3 is 15.6 Å². The smallest absolute Gasteiger partial charge is 0.340 e. The second kappa shape index (κ2) is 4.96. The quantitative estimate of drug-likeness (QED) is 0.644. The van der Waals surface area contributed by atoms with Crippen LogP contribution in [-0.4, -0.2) is 17.7 Å². The predicted molar refractivity (Wildman–Crippen MR) is 70.6 cm³/mol. The number of anilines is 1. The summed E-state index contributed by atoms with van der Waals surface area (Å²) in [7, 11) is 0. The Labute approximate surface area is 105 Å². The summed E-state index contributed by atoms with van der Waals surface area (Å²) in [6, 6.07) is 8.30. The van der Waals surface area contributed by atoms with Crippen LogP contribution >= 0.6 is 0 Å². The van der Waals surface area contributed by atoms with Crippen molar-refractivity contribution in [3.63, 3.8) is 0 Å². The number of nitrogens with two attached hydrogens (primary N) is 1. The Morgan fingerprint density at radius 3 is 2.78 bits per heavy atom. The lowest BCUT2D eigenvalue weighted by Gasteiger charge is -2.10. The molecular formula is C14H15NO3. The van der Waals surface area contributed by atoms with E-state index >= 15 is 0 Å². The molecule has 4 heteroatoms. The number of carbonyl (C=O) groups is 1. The van der Waals surface area contributed by atoms with Crippen molar-refractivity contribution in [2.24, 2.45) is 0 Å². The first-order chi connectivity index (χ1) is 8.63. The van der Waals surface area contributed by atoms with E-state index < -0.39 is 5.97 Å². The van der Waals surface area contributed by atoms with Crippen LogP contribution < -0.4 is 5.73 Å². The molecule has 0 unspecified atom stereocenters. The van der Waals surface area contributed by atoms with Gasteiger partial charge in [0, 0.05) is 11.1 Å². The standard InChI is InChI=1S/C14H15NO3/c1-2-7-18-14(17)13-11-8-10(16)5-3-9(11)4-6-12(13)15/h3-6,8,16H,2,7,15H2,1H3. The number of esters is 1. The third-order valence-electron chi connectivity index (χ3n) is 2.68. The molecule has 0 heterocycles. The van der Waals surface area contributed by atoms with Gasteiger partial charge in [0.1, 0.15) is 5.75 Å². The Morgan fingerprint density at radius 1 is 1.33 bits per heavy atom. The molecule has 3 N–H and O–H groups in total. The molecule has 94 valence electrons. The van der Waals surface area contributed by atoms with E-state index in [1.54, 1.807) is 24.3 Å². The number of hydrogen-bond donors (Lipinski definition) is 2. The van der Waals surface area contributed by atoms with Gasteiger partial charge in [-0.3, -0.25) is 0 Å². The fourth-order valence-electron chi connectivity index (χ4n) is 1.82. The van der Waals surface area contributed by atoms with E-state index in [9.17, 15) is 9.90 Å². The van der Waals surface area contributed by atoms with Gasteiger partial charge in [0.25, 0.3) is 0 Å². The molecule has 0 aliphatic rings. The Hall–Kier alpha value is -2.23. The zero-order valence-corrected chi connectivity index (χ0v) is 10.1. The van der Waals surface area contributed by atoms with Gasteiger partial charge in [-0.1, -0.05) is 19.1 Å². The number of ether oxygens (including phenoxy) is 1. The predicted octanol–water partition coefficient (Wildman–Crippen LogP) is 2.69. The SMILES string of the molecule is CCCOC(=O)c1c(N)ccc2ccc(O)cc12. The van der Waals surface area contributed by atoms with Gasteiger partial charge in [-0.25, -0.2) is 4.79 Å². The number of phenolic OH excluding ortho intramolecular Hbond substituents is 1. The van der Waals surface area contributed by atoms with Crippen molar-refractivity contribution in [3.8, 4) is 5.75 Å². The molecule has 0 saturated carbocycles. The normalized spacial score (nSPS) is 10.5. The monoisotopic (exact) mass is 245 g/mol. The highest BCUT2D eigenvalue weighted by Crippen LogP contribution is 2.28. The van der Waals surface area contributed by atoms with Crippen LogP contribution in [-0.2, 0) is 4.74 Å². The minimum atomic E-state index is -0.453. The fourth-order valence-corrected chi connectivity index (χ4v) is 1.82. The lowest BCUT2D eigenvalue weighted by molar-refractivity contribution is 0.0508. The van der Waals surface area contributed by atoms with Crippen molar-refractivity contribution < 1.29 is 14.6 Å². The molecule has 2 aromatic rings. The second-order valence-electron chi connectivity index (χ2n) is 4.07. The van der Waals surface area contributed by atoms with E-state index in [1.807, 2.05) is 6.92 Å². The van der Waals surface area contributed by atoms with Crippen LogP contribution in [0.3, 0.4) is 0 Å². The van der Waals surface area contributed by atoms with Gasteiger partial charge in [-0.15, -0.1) is 0 Å². The Morgan fingerprint density at radius 2 is 2.06 bits per heavy atom. The van der Waals surface area contributed by atoms with Crippen LogP contribution in [0.2, 0.25) is 0 Å². The average Bonchev–Trinajstić information content (AvgIpc) is 2.35. The summed E-state index contributed by atoms with van der Waals surface area (Å²) in [5, 5.41) is 11.0. The third kappa shape index (κ3) is 2.22. The van der Waals surface area contributed by atoms with Crippen LogP contribution in [0.15, 0.2) is 30.3 Å². The van der Waals surface area contributed by atoms with Gasteiger partial charge in [0.05, 0.1) is 12.2 Å². The lowest BCUT2D eigenvalue weighted by Crippen LogP contribution is -2.09. The molecule has 0 spiro atoms. The van der Waals surface area contributed by atoms with Crippen LogP contribution in [0.4, 0.5) is 5.69 Å². The van der Waals surface area contributed by atoms with Crippen molar-refractivity contribution in [3.05, 3.63) is 35.9 Å². The summed E-state index contributed by atoms with van der Waals surface area (Å²) in [4.78, 5) is 12.0. The maximum atomic E-state index is 12.0. The van der Waals surface area contributed by atoms with Crippen LogP contribution in [0.25, 0.3) is 10.8 Å². The minimum Gasteiger partial charge on any atom is -0.508 e. The third-order valence-corrected chi connectivity index (χ3v) is 2.68. The van der Waals surface area contributed by atoms with Crippen molar-refractivity contribution in [1.82, 2.24) is 0 Å². The van der Waals surface area contributed by atoms with E-state index in [2.05, 4.69) is 0 Å². The van der Waals surface area contributed by atoms with Crippen molar-refractivity contribution in [2.75, 3.05) is 12.3 Å². The second-order valence-corrected chi connectivity index (χ2v) is 4.07. The number of hydrogen-bond acceptors (Lipinski definition) is 4. The van der Waals surface area contributed by atoms with E-state index in [-0.39, 0.29) is 5.75 Å². The minimum absolute atomic E-state index is 0.0950. The molecule has 0 radical (unpaired) electrons. The van der Waals surface area contributed by atoms with Crippen LogP contribution in [0.5, 0.6) is 5.75 Å². The lowest BCUT2D eigenvalue weighted by atomic mass is 10.0. The highest BCUT2D eigenvalue weighted by Gasteiger charge is 2.15. The molecule has 0 amide bonds. The molecule has 0 atom stereocenters. The Kier molecular flexibility index (Phi) is 3.37. The zero-order chi connectivity index (χ0) is 13.1. The first-order valence-electron chi connectivity index (χ1n) is 5.82. The zero-order valence-electron chi connectivity index (χ0n) is 10.1. The molecule has 0 aliphatic carbocycles. The van der Waals surface area contributed by atoms with Gasteiger partial charge in [-0.05, 0) is 30.0 Å². The Bertz CT molecular complexity index is 588. The largest absolute Gasteiger partial charge is 0.508 e. The van der Waals surface area contributed by atoms with Gasteiger partial charge in [0.15, 0.2) is 0 Å². The molecule has 0 bridgehead atoms. The molecule has 0 saturated heterocycles. The average molecular weight is 245 g/mol. The summed E-state index contributed by atoms with van der Waals surface area (Å²) in [6.45, 7) is 2.28. The maximum Gasteiger partial charge on any atom is 0.340 e. The van der Waals surface area contributed by atoms with Gasteiger partial charge in [-0.2, -0.15) is 0 Å². The number of nitrogen functional groups attached to an aromatic ring is 1.